The number of carbonyl (C=O) groups is 3. The summed E-state index contributed by atoms with van der Waals surface area (Å²) >= 11 is 0. The number of rotatable bonds is 2. The average Bonchev–Trinajstić information content (AvgIpc) is 2.88. The first-order valence-corrected chi connectivity index (χ1v) is 7.43. The maximum Gasteiger partial charge on any atom is 0.417 e. The summed E-state index contributed by atoms with van der Waals surface area (Å²) in [6.45, 7) is 0.565. The van der Waals surface area contributed by atoms with Gasteiger partial charge < -0.3 is 14.2 Å². The second-order valence-corrected chi connectivity index (χ2v) is 5.68. The van der Waals surface area contributed by atoms with Crippen molar-refractivity contribution in [1.82, 2.24) is 14.4 Å². The smallest absolute Gasteiger partial charge is 0.417 e. The molecule has 0 aliphatic carbocycles. The van der Waals surface area contributed by atoms with Crippen molar-refractivity contribution in [3.05, 3.63) is 34.2 Å². The van der Waals surface area contributed by atoms with Crippen molar-refractivity contribution >= 4 is 17.9 Å². The highest BCUT2D eigenvalue weighted by Gasteiger charge is 2.39. The van der Waals surface area contributed by atoms with Crippen LogP contribution >= 0.6 is 0 Å². The molecule has 0 atom stereocenters. The van der Waals surface area contributed by atoms with Gasteiger partial charge in [-0.2, -0.15) is 0 Å². The molecule has 2 aliphatic heterocycles. The molecular weight excluding hydrogens is 302 g/mol. The van der Waals surface area contributed by atoms with Crippen molar-refractivity contribution in [1.29, 1.82) is 0 Å². The monoisotopic (exact) mass is 319 g/mol. The lowest BCUT2D eigenvalue weighted by Crippen LogP contribution is -2.49. The van der Waals surface area contributed by atoms with Crippen molar-refractivity contribution in [2.45, 2.75) is 18.9 Å². The van der Waals surface area contributed by atoms with E-state index >= 15 is 0 Å². The SMILES string of the molecule is Cn1cccc(C(=O)N2CCC(N3C(=O)COC3=O)CC2)c1=O. The van der Waals surface area contributed by atoms with Gasteiger partial charge in [-0.15, -0.1) is 0 Å². The Morgan fingerprint density at radius 1 is 1.22 bits per heavy atom. The molecule has 2 aliphatic rings. The van der Waals surface area contributed by atoms with Crippen molar-refractivity contribution in [3.8, 4) is 0 Å². The van der Waals surface area contributed by atoms with Crippen LogP contribution in [0.1, 0.15) is 23.2 Å². The third-order valence-electron chi connectivity index (χ3n) is 4.26. The van der Waals surface area contributed by atoms with E-state index in [1.807, 2.05) is 0 Å². The van der Waals surface area contributed by atoms with Crippen LogP contribution in [0, 0.1) is 0 Å². The molecule has 8 heteroatoms. The quantitative estimate of drug-likeness (QED) is 0.763. The lowest BCUT2D eigenvalue weighted by atomic mass is 10.0. The van der Waals surface area contributed by atoms with Gasteiger partial charge in [-0.25, -0.2) is 9.69 Å². The third kappa shape index (κ3) is 2.71. The second kappa shape index (κ2) is 5.86. The van der Waals surface area contributed by atoms with Gasteiger partial charge in [0, 0.05) is 32.4 Å². The van der Waals surface area contributed by atoms with Crippen LogP contribution in [0.5, 0.6) is 0 Å². The number of likely N-dealkylation sites (tertiary alicyclic amines) is 1. The molecule has 0 N–H and O–H groups in total. The van der Waals surface area contributed by atoms with E-state index in [4.69, 9.17) is 4.74 Å². The number of pyridine rings is 1. The number of aryl methyl sites for hydroxylation is 1. The lowest BCUT2D eigenvalue weighted by molar-refractivity contribution is -0.127. The first-order valence-electron chi connectivity index (χ1n) is 7.43. The van der Waals surface area contributed by atoms with Gasteiger partial charge in [0.1, 0.15) is 5.56 Å². The lowest BCUT2D eigenvalue weighted by Gasteiger charge is -2.34. The van der Waals surface area contributed by atoms with Gasteiger partial charge in [0.05, 0.1) is 0 Å². The van der Waals surface area contributed by atoms with Crippen molar-refractivity contribution < 1.29 is 19.1 Å². The number of nitrogens with zero attached hydrogens (tertiary/aromatic N) is 3. The molecule has 3 heterocycles. The third-order valence-corrected chi connectivity index (χ3v) is 4.26. The minimum absolute atomic E-state index is 0.130. The summed E-state index contributed by atoms with van der Waals surface area (Å²) in [4.78, 5) is 50.4. The van der Waals surface area contributed by atoms with Gasteiger partial charge in [0.2, 0.25) is 0 Å². The summed E-state index contributed by atoms with van der Waals surface area (Å²) in [5.74, 6) is -0.656. The molecule has 122 valence electrons. The number of hydrogen-bond donors (Lipinski definition) is 0. The zero-order chi connectivity index (χ0) is 16.6. The number of cyclic esters (lactones) is 1. The molecule has 0 saturated carbocycles. The normalized spacial score (nSPS) is 19.2. The van der Waals surface area contributed by atoms with E-state index in [1.54, 1.807) is 24.2 Å². The van der Waals surface area contributed by atoms with Crippen LogP contribution < -0.4 is 5.56 Å². The fourth-order valence-electron chi connectivity index (χ4n) is 2.97. The highest BCUT2D eigenvalue weighted by atomic mass is 16.6. The van der Waals surface area contributed by atoms with Gasteiger partial charge >= 0.3 is 6.09 Å². The minimum Gasteiger partial charge on any atom is -0.439 e. The Balaban J connectivity index is 1.68. The molecule has 2 fully saturated rings. The standard InChI is InChI=1S/C15H17N3O5/c1-16-6-2-3-11(13(16)20)14(21)17-7-4-10(5-8-17)18-12(19)9-23-15(18)22/h2-3,6,10H,4-5,7-9H2,1H3. The number of piperidine rings is 1. The average molecular weight is 319 g/mol. The van der Waals surface area contributed by atoms with E-state index in [1.165, 1.54) is 10.6 Å². The molecule has 0 bridgehead atoms. The van der Waals surface area contributed by atoms with E-state index in [0.717, 1.165) is 4.90 Å². The Morgan fingerprint density at radius 2 is 1.91 bits per heavy atom. The molecule has 3 amide bonds. The van der Waals surface area contributed by atoms with Gasteiger partial charge in [0.15, 0.2) is 6.61 Å². The van der Waals surface area contributed by atoms with E-state index in [9.17, 15) is 19.2 Å². The zero-order valence-corrected chi connectivity index (χ0v) is 12.7. The Labute approximate surface area is 132 Å². The van der Waals surface area contributed by atoms with Crippen LogP contribution in [0.4, 0.5) is 4.79 Å². The molecule has 0 aromatic carbocycles. The van der Waals surface area contributed by atoms with Crippen molar-refractivity contribution in [2.75, 3.05) is 19.7 Å². The number of hydrogen-bond acceptors (Lipinski definition) is 5. The minimum atomic E-state index is -0.614. The Morgan fingerprint density at radius 3 is 2.52 bits per heavy atom. The molecule has 0 spiro atoms. The fraction of sp³-hybridized carbons (Fsp3) is 0.467. The van der Waals surface area contributed by atoms with E-state index in [2.05, 4.69) is 0 Å². The summed E-state index contributed by atoms with van der Waals surface area (Å²) in [6.07, 6.45) is 1.95. The summed E-state index contributed by atoms with van der Waals surface area (Å²) in [6, 6.07) is 2.92. The number of imide groups is 1. The Bertz CT molecular complexity index is 702. The van der Waals surface area contributed by atoms with Crippen LogP contribution in [0.3, 0.4) is 0 Å². The zero-order valence-electron chi connectivity index (χ0n) is 12.7. The second-order valence-electron chi connectivity index (χ2n) is 5.68. The molecule has 23 heavy (non-hydrogen) atoms. The predicted molar refractivity (Wildman–Crippen MR) is 78.8 cm³/mol. The Hall–Kier alpha value is -2.64. The van der Waals surface area contributed by atoms with Gasteiger partial charge in [0.25, 0.3) is 17.4 Å². The van der Waals surface area contributed by atoms with Crippen LogP contribution in [-0.2, 0) is 16.6 Å². The van der Waals surface area contributed by atoms with Crippen LogP contribution in [0.2, 0.25) is 0 Å². The number of amides is 3. The first kappa shape index (κ1) is 15.3. The topological polar surface area (TPSA) is 88.9 Å². The molecule has 1 aromatic heterocycles. The largest absolute Gasteiger partial charge is 0.439 e. The van der Waals surface area contributed by atoms with Crippen molar-refractivity contribution in [2.24, 2.45) is 7.05 Å². The van der Waals surface area contributed by atoms with Crippen LogP contribution in [0.25, 0.3) is 0 Å². The Kier molecular flexibility index (Phi) is 3.89. The van der Waals surface area contributed by atoms with E-state index in [0.29, 0.717) is 25.9 Å². The molecule has 3 rings (SSSR count). The fourth-order valence-corrected chi connectivity index (χ4v) is 2.97. The molecule has 0 unspecified atom stereocenters. The molecule has 0 radical (unpaired) electrons. The van der Waals surface area contributed by atoms with E-state index in [-0.39, 0.29) is 35.6 Å². The van der Waals surface area contributed by atoms with Crippen LogP contribution in [0.15, 0.2) is 23.1 Å². The molecular formula is C15H17N3O5. The first-order chi connectivity index (χ1) is 11.0. The van der Waals surface area contributed by atoms with Gasteiger partial charge in [-0.1, -0.05) is 0 Å². The molecule has 2 saturated heterocycles. The summed E-state index contributed by atoms with van der Waals surface area (Å²) in [5, 5.41) is 0. The molecule has 8 nitrogen and oxygen atoms in total. The van der Waals surface area contributed by atoms with Gasteiger partial charge in [-0.05, 0) is 25.0 Å². The number of carbonyl (C=O) groups excluding carboxylic acids is 3. The summed E-state index contributed by atoms with van der Waals surface area (Å²) in [7, 11) is 1.59. The predicted octanol–water partition coefficient (Wildman–Crippen LogP) is -0.0313. The highest BCUT2D eigenvalue weighted by Crippen LogP contribution is 2.21. The number of aromatic nitrogens is 1. The summed E-state index contributed by atoms with van der Waals surface area (Å²) < 4.78 is 6.08. The molecule has 1 aromatic rings. The van der Waals surface area contributed by atoms with Crippen LogP contribution in [-0.4, -0.2) is 58.0 Å². The highest BCUT2D eigenvalue weighted by molar-refractivity contribution is 5.98. The van der Waals surface area contributed by atoms with E-state index < -0.39 is 6.09 Å². The van der Waals surface area contributed by atoms with Gasteiger partial charge in [-0.3, -0.25) is 14.4 Å². The van der Waals surface area contributed by atoms with Crippen molar-refractivity contribution in [3.63, 3.8) is 0 Å². The summed E-state index contributed by atoms with van der Waals surface area (Å²) in [5.41, 5.74) is -0.206. The maximum atomic E-state index is 12.5. The number of ether oxygens (including phenoxy) is 1. The maximum absolute atomic E-state index is 12.5.